The van der Waals surface area contributed by atoms with E-state index in [0.29, 0.717) is 11.6 Å². The van der Waals surface area contributed by atoms with Gasteiger partial charge in [-0.05, 0) is 105 Å². The van der Waals surface area contributed by atoms with Gasteiger partial charge in [0.25, 0.3) is 0 Å². The number of hydrogen-bond acceptors (Lipinski definition) is 5. The maximum atomic E-state index is 6.00. The van der Waals surface area contributed by atoms with Gasteiger partial charge >= 0.3 is 0 Å². The van der Waals surface area contributed by atoms with Gasteiger partial charge in [0.2, 0.25) is 0 Å². The molecule has 0 unspecified atom stereocenters. The van der Waals surface area contributed by atoms with E-state index in [1.54, 1.807) is 0 Å². The molecular weight excluding hydrogens is 496 g/mol. The average Bonchev–Trinajstić information content (AvgIpc) is 3.39. The molecule has 1 saturated heterocycles. The van der Waals surface area contributed by atoms with Gasteiger partial charge in [-0.25, -0.2) is 9.67 Å². The molecule has 0 bridgehead atoms. The van der Waals surface area contributed by atoms with Crippen LogP contribution in [0.1, 0.15) is 44.9 Å². The zero-order valence-corrected chi connectivity index (χ0v) is 22.7. The Kier molecular flexibility index (Phi) is 8.94. The summed E-state index contributed by atoms with van der Waals surface area (Å²) in [5.41, 5.74) is 1.93. The number of unbranched alkanes of at least 4 members (excludes halogenated alkanes) is 1. The van der Waals surface area contributed by atoms with Gasteiger partial charge in [-0.15, -0.1) is 5.10 Å². The number of hydrogen-bond donors (Lipinski definition) is 0. The van der Waals surface area contributed by atoms with Crippen LogP contribution in [0.15, 0.2) is 72.8 Å². The Bertz CT molecular complexity index is 1280. The molecule has 1 aliphatic heterocycles. The van der Waals surface area contributed by atoms with Crippen LogP contribution < -0.4 is 9.47 Å². The van der Waals surface area contributed by atoms with E-state index in [9.17, 15) is 0 Å². The second-order valence-electron chi connectivity index (χ2n) is 9.69. The van der Waals surface area contributed by atoms with Crippen molar-refractivity contribution in [3.63, 3.8) is 0 Å². The first-order chi connectivity index (χ1) is 18.7. The largest absolute Gasteiger partial charge is 0.492 e. The second kappa shape index (κ2) is 12.9. The molecule has 198 valence electrons. The van der Waals surface area contributed by atoms with Crippen molar-refractivity contribution in [1.29, 1.82) is 0 Å². The van der Waals surface area contributed by atoms with Gasteiger partial charge in [-0.3, -0.25) is 4.90 Å². The van der Waals surface area contributed by atoms with Gasteiger partial charge in [-0.1, -0.05) is 31.4 Å². The van der Waals surface area contributed by atoms with Crippen LogP contribution >= 0.6 is 11.6 Å². The molecular formula is C31H35ClN4O2. The van der Waals surface area contributed by atoms with Gasteiger partial charge in [0.05, 0.1) is 5.69 Å². The van der Waals surface area contributed by atoms with Crippen LogP contribution in [0.2, 0.25) is 5.02 Å². The minimum Gasteiger partial charge on any atom is -0.492 e. The summed E-state index contributed by atoms with van der Waals surface area (Å²) in [4.78, 5) is 7.40. The molecule has 38 heavy (non-hydrogen) atoms. The Hall–Kier alpha value is -3.35. The molecule has 0 spiro atoms. The summed E-state index contributed by atoms with van der Waals surface area (Å²) in [5, 5.41) is 5.57. The topological polar surface area (TPSA) is 52.4 Å². The SMILES string of the molecule is CCCCc1nc(-c2ccc(OCCN3CCCCC3)cc2)nn1-c1ccc(Oc2ccc(Cl)cc2)cc1. The zero-order valence-electron chi connectivity index (χ0n) is 22.0. The Balaban J connectivity index is 1.27. The number of aryl methyl sites for hydroxylation is 1. The van der Waals surface area contributed by atoms with E-state index in [1.807, 2.05) is 77.5 Å². The molecule has 2 heterocycles. The van der Waals surface area contributed by atoms with Crippen molar-refractivity contribution in [1.82, 2.24) is 19.7 Å². The van der Waals surface area contributed by atoms with Gasteiger partial charge in [0.15, 0.2) is 5.82 Å². The highest BCUT2D eigenvalue weighted by molar-refractivity contribution is 6.30. The molecule has 0 aliphatic carbocycles. The quantitative estimate of drug-likeness (QED) is 0.200. The molecule has 0 atom stereocenters. The van der Waals surface area contributed by atoms with Crippen molar-refractivity contribution >= 4 is 11.6 Å². The third-order valence-electron chi connectivity index (χ3n) is 6.80. The lowest BCUT2D eigenvalue weighted by Gasteiger charge is -2.26. The molecule has 1 aliphatic rings. The van der Waals surface area contributed by atoms with Crippen LogP contribution in [0.25, 0.3) is 17.1 Å². The fraction of sp³-hybridized carbons (Fsp3) is 0.355. The normalized spacial score (nSPS) is 13.9. The minimum atomic E-state index is 0.685. The van der Waals surface area contributed by atoms with Crippen LogP contribution in [0.5, 0.6) is 17.2 Å². The van der Waals surface area contributed by atoms with Crippen LogP contribution in [0.3, 0.4) is 0 Å². The maximum absolute atomic E-state index is 6.00. The number of ether oxygens (including phenoxy) is 2. The average molecular weight is 531 g/mol. The van der Waals surface area contributed by atoms with E-state index in [4.69, 9.17) is 31.2 Å². The predicted octanol–water partition coefficient (Wildman–Crippen LogP) is 7.59. The van der Waals surface area contributed by atoms with Crippen molar-refractivity contribution in [3.8, 4) is 34.3 Å². The lowest BCUT2D eigenvalue weighted by Crippen LogP contribution is -2.33. The number of piperidine rings is 1. The standard InChI is InChI=1S/C31H35ClN4O2/c1-2-3-7-30-33-31(24-8-14-27(15-9-24)37-23-22-35-20-5-4-6-21-35)34-36(30)26-12-18-29(19-13-26)38-28-16-10-25(32)11-17-28/h8-19H,2-7,20-23H2,1H3. The molecule has 0 saturated carbocycles. The highest BCUT2D eigenvalue weighted by Gasteiger charge is 2.14. The van der Waals surface area contributed by atoms with Crippen molar-refractivity contribution in [2.24, 2.45) is 0 Å². The van der Waals surface area contributed by atoms with Crippen molar-refractivity contribution in [2.75, 3.05) is 26.2 Å². The molecule has 7 heteroatoms. The van der Waals surface area contributed by atoms with Crippen molar-refractivity contribution in [3.05, 3.63) is 83.6 Å². The first-order valence-corrected chi connectivity index (χ1v) is 14.0. The molecule has 6 nitrogen and oxygen atoms in total. The molecule has 4 aromatic rings. The number of nitrogens with zero attached hydrogens (tertiary/aromatic N) is 4. The summed E-state index contributed by atoms with van der Waals surface area (Å²) in [6.07, 6.45) is 6.97. The fourth-order valence-electron chi connectivity index (χ4n) is 4.64. The lowest BCUT2D eigenvalue weighted by atomic mass is 10.1. The molecule has 0 radical (unpaired) electrons. The van der Waals surface area contributed by atoms with E-state index >= 15 is 0 Å². The summed E-state index contributed by atoms with van der Waals surface area (Å²) < 4.78 is 13.9. The Morgan fingerprint density at radius 3 is 2.16 bits per heavy atom. The second-order valence-corrected chi connectivity index (χ2v) is 10.1. The van der Waals surface area contributed by atoms with Gasteiger partial charge < -0.3 is 9.47 Å². The zero-order chi connectivity index (χ0) is 26.2. The van der Waals surface area contributed by atoms with E-state index in [0.717, 1.165) is 66.0 Å². The van der Waals surface area contributed by atoms with E-state index in [2.05, 4.69) is 11.8 Å². The summed E-state index contributed by atoms with van der Waals surface area (Å²) in [6, 6.07) is 23.4. The summed E-state index contributed by atoms with van der Waals surface area (Å²) in [5.74, 6) is 4.05. The van der Waals surface area contributed by atoms with Gasteiger partial charge in [0.1, 0.15) is 29.7 Å². The van der Waals surface area contributed by atoms with Crippen molar-refractivity contribution in [2.45, 2.75) is 45.4 Å². The predicted molar refractivity (Wildman–Crippen MR) is 153 cm³/mol. The summed E-state index contributed by atoms with van der Waals surface area (Å²) in [7, 11) is 0. The fourth-order valence-corrected chi connectivity index (χ4v) is 4.77. The van der Waals surface area contributed by atoms with Crippen LogP contribution in [0, 0.1) is 0 Å². The van der Waals surface area contributed by atoms with E-state index in [-0.39, 0.29) is 0 Å². The number of rotatable bonds is 11. The molecule has 5 rings (SSSR count). The van der Waals surface area contributed by atoms with Crippen LogP contribution in [0.4, 0.5) is 0 Å². The first-order valence-electron chi connectivity index (χ1n) is 13.6. The molecule has 0 amide bonds. The molecule has 0 N–H and O–H groups in total. The number of aromatic nitrogens is 3. The van der Waals surface area contributed by atoms with Gasteiger partial charge in [0, 0.05) is 23.6 Å². The minimum absolute atomic E-state index is 0.685. The molecule has 1 aromatic heterocycles. The molecule has 3 aromatic carbocycles. The van der Waals surface area contributed by atoms with Crippen molar-refractivity contribution < 1.29 is 9.47 Å². The van der Waals surface area contributed by atoms with Crippen LogP contribution in [-0.4, -0.2) is 45.9 Å². The monoisotopic (exact) mass is 530 g/mol. The van der Waals surface area contributed by atoms with Gasteiger partial charge in [-0.2, -0.15) is 0 Å². The first kappa shape index (κ1) is 26.3. The smallest absolute Gasteiger partial charge is 0.181 e. The van der Waals surface area contributed by atoms with E-state index in [1.165, 1.54) is 32.4 Å². The highest BCUT2D eigenvalue weighted by Crippen LogP contribution is 2.26. The molecule has 1 fully saturated rings. The Morgan fingerprint density at radius 2 is 1.47 bits per heavy atom. The Morgan fingerprint density at radius 1 is 0.816 bits per heavy atom. The Labute approximate surface area is 230 Å². The number of benzene rings is 3. The van der Waals surface area contributed by atoms with E-state index < -0.39 is 0 Å². The summed E-state index contributed by atoms with van der Waals surface area (Å²) in [6.45, 7) is 6.27. The number of halogens is 1. The summed E-state index contributed by atoms with van der Waals surface area (Å²) >= 11 is 5.98. The van der Waals surface area contributed by atoms with Crippen LogP contribution in [-0.2, 0) is 6.42 Å². The highest BCUT2D eigenvalue weighted by atomic mass is 35.5. The maximum Gasteiger partial charge on any atom is 0.181 e. The number of likely N-dealkylation sites (tertiary alicyclic amines) is 1. The third kappa shape index (κ3) is 6.94. The third-order valence-corrected chi connectivity index (χ3v) is 7.05. The lowest BCUT2D eigenvalue weighted by molar-refractivity contribution is 0.183.